The van der Waals surface area contributed by atoms with Gasteiger partial charge in [0.1, 0.15) is 0 Å². The van der Waals surface area contributed by atoms with Crippen LogP contribution < -0.4 is 5.32 Å². The highest BCUT2D eigenvalue weighted by molar-refractivity contribution is 4.82. The number of nitrogens with one attached hydrogen (secondary N) is 1. The first-order valence-electron chi connectivity index (χ1n) is 5.26. The van der Waals surface area contributed by atoms with Gasteiger partial charge in [-0.3, -0.25) is 4.90 Å². The Labute approximate surface area is 75.3 Å². The summed E-state index contributed by atoms with van der Waals surface area (Å²) >= 11 is 0. The van der Waals surface area contributed by atoms with Crippen molar-refractivity contribution in [2.45, 2.75) is 38.3 Å². The fraction of sp³-hybridized carbons (Fsp3) is 0.900. The second kappa shape index (κ2) is 4.24. The molecule has 1 radical (unpaired) electrons. The van der Waals surface area contributed by atoms with E-state index in [4.69, 9.17) is 0 Å². The van der Waals surface area contributed by atoms with E-state index < -0.39 is 0 Å². The van der Waals surface area contributed by atoms with Gasteiger partial charge in [0, 0.05) is 0 Å². The molecule has 69 valence electrons. The lowest BCUT2D eigenvalue weighted by Crippen LogP contribution is -2.50. The third kappa shape index (κ3) is 1.99. The van der Waals surface area contributed by atoms with E-state index in [1.54, 1.807) is 0 Å². The average molecular weight is 167 g/mol. The van der Waals surface area contributed by atoms with Gasteiger partial charge >= 0.3 is 0 Å². The lowest BCUT2D eigenvalue weighted by Gasteiger charge is -2.37. The first-order chi connectivity index (χ1) is 5.97. The Bertz CT molecular complexity index is 108. The standard InChI is InChI=1S/C10H19N2/c1-4-8-12(9-5-1)10-6-2-3-7-11-10/h1,10-11H,2-9H2. The fourth-order valence-electron chi connectivity index (χ4n) is 2.23. The van der Waals surface area contributed by atoms with Gasteiger partial charge in [0.25, 0.3) is 0 Å². The van der Waals surface area contributed by atoms with Crippen molar-refractivity contribution in [2.75, 3.05) is 19.6 Å². The molecular weight excluding hydrogens is 148 g/mol. The summed E-state index contributed by atoms with van der Waals surface area (Å²) in [5.41, 5.74) is 0. The van der Waals surface area contributed by atoms with Crippen LogP contribution in [0.3, 0.4) is 0 Å². The molecule has 2 aliphatic heterocycles. The number of likely N-dealkylation sites (tertiary alicyclic amines) is 1. The summed E-state index contributed by atoms with van der Waals surface area (Å²) in [6, 6.07) is 0. The van der Waals surface area contributed by atoms with Crippen LogP contribution in [0.2, 0.25) is 0 Å². The van der Waals surface area contributed by atoms with Crippen LogP contribution in [0.1, 0.15) is 32.1 Å². The molecule has 1 unspecified atom stereocenters. The van der Waals surface area contributed by atoms with E-state index in [2.05, 4.69) is 16.6 Å². The summed E-state index contributed by atoms with van der Waals surface area (Å²) in [4.78, 5) is 2.61. The highest BCUT2D eigenvalue weighted by Gasteiger charge is 2.21. The second-order valence-electron chi connectivity index (χ2n) is 3.87. The molecule has 0 aliphatic carbocycles. The largest absolute Gasteiger partial charge is 0.302 e. The Kier molecular flexibility index (Phi) is 3.01. The van der Waals surface area contributed by atoms with Crippen LogP contribution in [0, 0.1) is 6.42 Å². The molecule has 2 aliphatic rings. The highest BCUT2D eigenvalue weighted by atomic mass is 15.3. The number of hydrogen-bond donors (Lipinski definition) is 1. The summed E-state index contributed by atoms with van der Waals surface area (Å²) in [5.74, 6) is 0. The lowest BCUT2D eigenvalue weighted by molar-refractivity contribution is 0.127. The summed E-state index contributed by atoms with van der Waals surface area (Å²) in [7, 11) is 0. The first-order valence-corrected chi connectivity index (χ1v) is 5.26. The predicted molar refractivity (Wildman–Crippen MR) is 50.7 cm³/mol. The minimum Gasteiger partial charge on any atom is -0.302 e. The minimum atomic E-state index is 0.701. The van der Waals surface area contributed by atoms with Gasteiger partial charge in [-0.05, 0) is 58.2 Å². The van der Waals surface area contributed by atoms with Crippen LogP contribution in [0.25, 0.3) is 0 Å². The molecule has 2 heterocycles. The van der Waals surface area contributed by atoms with Crippen molar-refractivity contribution in [3.63, 3.8) is 0 Å². The predicted octanol–water partition coefficient (Wildman–Crippen LogP) is 1.39. The van der Waals surface area contributed by atoms with E-state index in [1.807, 2.05) is 0 Å². The topological polar surface area (TPSA) is 15.3 Å². The lowest BCUT2D eigenvalue weighted by atomic mass is 10.1. The molecule has 2 saturated heterocycles. The van der Waals surface area contributed by atoms with E-state index in [0.717, 1.165) is 0 Å². The smallest absolute Gasteiger partial charge is 0.0597 e. The van der Waals surface area contributed by atoms with Gasteiger partial charge in [-0.1, -0.05) is 0 Å². The van der Waals surface area contributed by atoms with Gasteiger partial charge in [0.05, 0.1) is 6.17 Å². The molecule has 0 spiro atoms. The summed E-state index contributed by atoms with van der Waals surface area (Å²) in [6.07, 6.45) is 9.84. The number of piperidine rings is 2. The van der Waals surface area contributed by atoms with Crippen LogP contribution in [-0.4, -0.2) is 30.7 Å². The molecule has 2 rings (SSSR count). The van der Waals surface area contributed by atoms with Crippen molar-refractivity contribution in [1.82, 2.24) is 10.2 Å². The van der Waals surface area contributed by atoms with Crippen molar-refractivity contribution in [3.8, 4) is 0 Å². The zero-order valence-corrected chi connectivity index (χ0v) is 7.76. The Morgan fingerprint density at radius 1 is 1.17 bits per heavy atom. The Balaban J connectivity index is 1.80. The monoisotopic (exact) mass is 167 g/mol. The molecule has 0 bridgehead atoms. The summed E-state index contributed by atoms with van der Waals surface area (Å²) in [5, 5.41) is 3.60. The van der Waals surface area contributed by atoms with Gasteiger partial charge in [-0.2, -0.15) is 0 Å². The molecule has 1 atom stereocenters. The van der Waals surface area contributed by atoms with Gasteiger partial charge in [-0.25, -0.2) is 0 Å². The van der Waals surface area contributed by atoms with E-state index in [9.17, 15) is 0 Å². The number of nitrogens with zero attached hydrogens (tertiary/aromatic N) is 1. The van der Waals surface area contributed by atoms with Crippen molar-refractivity contribution in [2.24, 2.45) is 0 Å². The van der Waals surface area contributed by atoms with E-state index in [-0.39, 0.29) is 0 Å². The third-order valence-electron chi connectivity index (χ3n) is 2.97. The molecular formula is C10H19N2. The fourth-order valence-corrected chi connectivity index (χ4v) is 2.23. The SMILES string of the molecule is [CH]1CCN(C2CCCCN2)CC1. The normalized spacial score (nSPS) is 33.5. The summed E-state index contributed by atoms with van der Waals surface area (Å²) < 4.78 is 0. The Morgan fingerprint density at radius 3 is 2.67 bits per heavy atom. The van der Waals surface area contributed by atoms with Crippen molar-refractivity contribution in [1.29, 1.82) is 0 Å². The van der Waals surface area contributed by atoms with E-state index in [0.29, 0.717) is 6.17 Å². The molecule has 2 fully saturated rings. The van der Waals surface area contributed by atoms with Crippen molar-refractivity contribution in [3.05, 3.63) is 6.42 Å². The first kappa shape index (κ1) is 8.52. The molecule has 2 heteroatoms. The maximum atomic E-state index is 3.60. The van der Waals surface area contributed by atoms with Gasteiger partial charge in [0.15, 0.2) is 0 Å². The van der Waals surface area contributed by atoms with Crippen LogP contribution in [0.4, 0.5) is 0 Å². The maximum absolute atomic E-state index is 3.60. The van der Waals surface area contributed by atoms with Crippen molar-refractivity contribution >= 4 is 0 Å². The van der Waals surface area contributed by atoms with Crippen LogP contribution in [0.5, 0.6) is 0 Å². The van der Waals surface area contributed by atoms with Crippen LogP contribution in [0.15, 0.2) is 0 Å². The minimum absolute atomic E-state index is 0.701. The molecule has 0 aromatic rings. The Morgan fingerprint density at radius 2 is 2.00 bits per heavy atom. The number of hydrogen-bond acceptors (Lipinski definition) is 2. The van der Waals surface area contributed by atoms with Gasteiger partial charge < -0.3 is 5.32 Å². The number of rotatable bonds is 1. The van der Waals surface area contributed by atoms with Crippen LogP contribution in [-0.2, 0) is 0 Å². The molecule has 0 amide bonds. The van der Waals surface area contributed by atoms with E-state index in [1.165, 1.54) is 51.7 Å². The molecule has 0 aromatic carbocycles. The average Bonchev–Trinajstić information content (AvgIpc) is 2.21. The molecule has 1 N–H and O–H groups in total. The zero-order chi connectivity index (χ0) is 8.23. The van der Waals surface area contributed by atoms with Gasteiger partial charge in [-0.15, -0.1) is 0 Å². The maximum Gasteiger partial charge on any atom is 0.0597 e. The van der Waals surface area contributed by atoms with E-state index >= 15 is 0 Å². The third-order valence-corrected chi connectivity index (χ3v) is 2.97. The highest BCUT2D eigenvalue weighted by Crippen LogP contribution is 2.16. The second-order valence-corrected chi connectivity index (χ2v) is 3.87. The quantitative estimate of drug-likeness (QED) is 0.635. The van der Waals surface area contributed by atoms with Crippen molar-refractivity contribution < 1.29 is 0 Å². The molecule has 0 saturated carbocycles. The molecule has 12 heavy (non-hydrogen) atoms. The van der Waals surface area contributed by atoms with Crippen LogP contribution >= 0.6 is 0 Å². The summed E-state index contributed by atoms with van der Waals surface area (Å²) in [6.45, 7) is 3.78. The zero-order valence-electron chi connectivity index (χ0n) is 7.76. The molecule has 0 aromatic heterocycles. The molecule has 2 nitrogen and oxygen atoms in total. The van der Waals surface area contributed by atoms with Gasteiger partial charge in [0.2, 0.25) is 0 Å². The Hall–Kier alpha value is -0.0800.